The first kappa shape index (κ1) is 33.1. The van der Waals surface area contributed by atoms with Crippen LogP contribution < -0.4 is 9.80 Å². The van der Waals surface area contributed by atoms with Crippen molar-refractivity contribution in [2.45, 2.75) is 72.1 Å². The van der Waals surface area contributed by atoms with Gasteiger partial charge in [0, 0.05) is 40.4 Å². The van der Waals surface area contributed by atoms with Gasteiger partial charge in [0.1, 0.15) is 0 Å². The molecule has 0 N–H and O–H groups in total. The van der Waals surface area contributed by atoms with Crippen LogP contribution in [0.25, 0.3) is 0 Å². The zero-order valence-electron chi connectivity index (χ0n) is 29.4. The lowest BCUT2D eigenvalue weighted by Crippen LogP contribution is -2.30. The molecule has 0 aliphatic heterocycles. The summed E-state index contributed by atoms with van der Waals surface area (Å²) in [6, 6.07) is 45.5. The third kappa shape index (κ3) is 7.34. The van der Waals surface area contributed by atoms with Gasteiger partial charge in [-0.1, -0.05) is 115 Å². The van der Waals surface area contributed by atoms with Crippen LogP contribution in [-0.4, -0.2) is 6.54 Å². The molecule has 0 heterocycles. The zero-order chi connectivity index (χ0) is 33.5. The molecule has 1 saturated carbocycles. The van der Waals surface area contributed by atoms with Crippen molar-refractivity contribution < 1.29 is 0 Å². The topological polar surface area (TPSA) is 6.48 Å². The summed E-state index contributed by atoms with van der Waals surface area (Å²) in [7, 11) is 0. The molecule has 0 bridgehead atoms. The maximum atomic E-state index is 2.41. The highest BCUT2D eigenvalue weighted by atomic mass is 15.1. The van der Waals surface area contributed by atoms with Crippen molar-refractivity contribution in [1.29, 1.82) is 0 Å². The summed E-state index contributed by atoms with van der Waals surface area (Å²) in [4.78, 5) is 4.79. The number of rotatable bonds is 10. The predicted octanol–water partition coefficient (Wildman–Crippen LogP) is 13.0. The summed E-state index contributed by atoms with van der Waals surface area (Å²) in [6.45, 7) is 11.5. The van der Waals surface area contributed by atoms with Gasteiger partial charge in [-0.3, -0.25) is 0 Å². The van der Waals surface area contributed by atoms with Gasteiger partial charge in [-0.25, -0.2) is 0 Å². The van der Waals surface area contributed by atoms with Gasteiger partial charge in [0.25, 0.3) is 0 Å². The van der Waals surface area contributed by atoms with Crippen LogP contribution >= 0.6 is 0 Å². The Morgan fingerprint density at radius 1 is 0.583 bits per heavy atom. The fraction of sp³-hybridized carbons (Fsp3) is 0.261. The lowest BCUT2D eigenvalue weighted by atomic mass is 9.65. The molecule has 5 aromatic carbocycles. The van der Waals surface area contributed by atoms with Crippen molar-refractivity contribution in [3.8, 4) is 0 Å². The Balaban J connectivity index is 1.34. The standard InChI is InChI=1S/C46H50N2/c1-6-35(2)13-11-33-47(41-23-15-36(3)16-24-41)42-27-19-39(20-28-42)46(31-8-7-9-32-46)40-21-29-44(30-22-40)48(43-25-17-37(4)18-26-43)45-14-10-12-38(5)34-45/h6,10-30,34H,7-9,31-33H2,1-5H3/b13-11-,35-6-. The van der Waals surface area contributed by atoms with Gasteiger partial charge in [0.05, 0.1) is 0 Å². The van der Waals surface area contributed by atoms with Crippen LogP contribution in [0.4, 0.5) is 28.4 Å². The molecule has 1 aliphatic carbocycles. The van der Waals surface area contributed by atoms with E-state index in [4.69, 9.17) is 0 Å². The highest BCUT2D eigenvalue weighted by molar-refractivity contribution is 5.77. The van der Waals surface area contributed by atoms with Crippen molar-refractivity contribution in [2.24, 2.45) is 0 Å². The molecular formula is C46H50N2. The first-order chi connectivity index (χ1) is 23.4. The van der Waals surface area contributed by atoms with E-state index in [2.05, 4.69) is 184 Å². The quantitative estimate of drug-likeness (QED) is 0.142. The molecule has 1 fully saturated rings. The number of anilines is 5. The van der Waals surface area contributed by atoms with E-state index in [1.165, 1.54) is 93.9 Å². The molecule has 2 heteroatoms. The van der Waals surface area contributed by atoms with Gasteiger partial charge in [-0.15, -0.1) is 0 Å². The average molecular weight is 631 g/mol. The Morgan fingerprint density at radius 2 is 1.08 bits per heavy atom. The largest absolute Gasteiger partial charge is 0.338 e. The minimum atomic E-state index is 0.0188. The van der Waals surface area contributed by atoms with E-state index in [1.54, 1.807) is 0 Å². The van der Waals surface area contributed by atoms with Crippen LogP contribution in [0.15, 0.2) is 145 Å². The Bertz CT molecular complexity index is 1840. The van der Waals surface area contributed by atoms with Crippen molar-refractivity contribution >= 4 is 28.4 Å². The van der Waals surface area contributed by atoms with Crippen molar-refractivity contribution in [2.75, 3.05) is 16.3 Å². The van der Waals surface area contributed by atoms with Crippen molar-refractivity contribution in [1.82, 2.24) is 0 Å². The predicted molar refractivity (Wildman–Crippen MR) is 208 cm³/mol. The minimum Gasteiger partial charge on any atom is -0.338 e. The molecule has 0 saturated heterocycles. The van der Waals surface area contributed by atoms with Gasteiger partial charge < -0.3 is 9.80 Å². The molecule has 0 amide bonds. The van der Waals surface area contributed by atoms with Crippen molar-refractivity contribution in [3.05, 3.63) is 173 Å². The second-order valence-corrected chi connectivity index (χ2v) is 13.6. The Kier molecular flexibility index (Phi) is 10.3. The number of hydrogen-bond acceptors (Lipinski definition) is 2. The first-order valence-corrected chi connectivity index (χ1v) is 17.6. The molecule has 6 rings (SSSR count). The maximum Gasteiger partial charge on any atom is 0.0464 e. The van der Waals surface area contributed by atoms with Crippen molar-refractivity contribution in [3.63, 3.8) is 0 Å². The lowest BCUT2D eigenvalue weighted by Gasteiger charge is -2.39. The van der Waals surface area contributed by atoms with Gasteiger partial charge in [-0.05, 0) is 125 Å². The Hall–Kier alpha value is -4.82. The molecule has 0 aromatic heterocycles. The van der Waals surface area contributed by atoms with Gasteiger partial charge in [-0.2, -0.15) is 0 Å². The fourth-order valence-corrected chi connectivity index (χ4v) is 7.22. The molecule has 1 aliphatic rings. The molecule has 244 valence electrons. The first-order valence-electron chi connectivity index (χ1n) is 17.6. The van der Waals surface area contributed by atoms with E-state index in [1.807, 2.05) is 0 Å². The zero-order valence-corrected chi connectivity index (χ0v) is 29.4. The molecule has 0 atom stereocenters. The van der Waals surface area contributed by atoms with E-state index in [-0.39, 0.29) is 5.41 Å². The molecule has 0 radical (unpaired) electrons. The number of nitrogens with zero attached hydrogens (tertiary/aromatic N) is 2. The number of benzene rings is 5. The summed E-state index contributed by atoms with van der Waals surface area (Å²) >= 11 is 0. The van der Waals surface area contributed by atoms with Gasteiger partial charge in [0.15, 0.2) is 0 Å². The maximum absolute atomic E-state index is 2.41. The lowest BCUT2D eigenvalue weighted by molar-refractivity contribution is 0.346. The summed E-state index contributed by atoms with van der Waals surface area (Å²) in [5.41, 5.74) is 13.9. The molecule has 0 spiro atoms. The van der Waals surface area contributed by atoms with Crippen LogP contribution in [0.3, 0.4) is 0 Å². The molecule has 0 unspecified atom stereocenters. The highest BCUT2D eigenvalue weighted by Gasteiger charge is 2.36. The van der Waals surface area contributed by atoms with E-state index in [9.17, 15) is 0 Å². The van der Waals surface area contributed by atoms with Crippen LogP contribution in [-0.2, 0) is 5.41 Å². The summed E-state index contributed by atoms with van der Waals surface area (Å²) in [6.07, 6.45) is 12.8. The van der Waals surface area contributed by atoms with Crippen LogP contribution in [0.1, 0.15) is 73.8 Å². The third-order valence-corrected chi connectivity index (χ3v) is 10.1. The molecular weight excluding hydrogens is 581 g/mol. The van der Waals surface area contributed by atoms with E-state index in [0.717, 1.165) is 6.54 Å². The second-order valence-electron chi connectivity index (χ2n) is 13.6. The smallest absolute Gasteiger partial charge is 0.0464 e. The molecule has 2 nitrogen and oxygen atoms in total. The number of hydrogen-bond donors (Lipinski definition) is 0. The number of allylic oxidation sites excluding steroid dienone is 3. The summed E-state index contributed by atoms with van der Waals surface area (Å²) in [5, 5.41) is 0. The SMILES string of the molecule is C/C=C(C)\C=C/CN(c1ccc(C)cc1)c1ccc(C2(c3ccc(N(c4ccc(C)cc4)c4cccc(C)c4)cc3)CCCCC2)cc1. The highest BCUT2D eigenvalue weighted by Crippen LogP contribution is 2.46. The van der Waals surface area contributed by atoms with Gasteiger partial charge >= 0.3 is 0 Å². The van der Waals surface area contributed by atoms with Crippen LogP contribution in [0.5, 0.6) is 0 Å². The Morgan fingerprint density at radius 3 is 1.60 bits per heavy atom. The van der Waals surface area contributed by atoms with E-state index < -0.39 is 0 Å². The number of aryl methyl sites for hydroxylation is 3. The van der Waals surface area contributed by atoms with Gasteiger partial charge in [0.2, 0.25) is 0 Å². The van der Waals surface area contributed by atoms with E-state index in [0.29, 0.717) is 0 Å². The third-order valence-electron chi connectivity index (χ3n) is 10.1. The normalized spacial score (nSPS) is 14.6. The fourth-order valence-electron chi connectivity index (χ4n) is 7.22. The minimum absolute atomic E-state index is 0.0188. The van der Waals surface area contributed by atoms with Crippen LogP contribution in [0.2, 0.25) is 0 Å². The molecule has 5 aromatic rings. The summed E-state index contributed by atoms with van der Waals surface area (Å²) in [5.74, 6) is 0. The van der Waals surface area contributed by atoms with E-state index >= 15 is 0 Å². The summed E-state index contributed by atoms with van der Waals surface area (Å²) < 4.78 is 0. The monoisotopic (exact) mass is 630 g/mol. The Labute approximate surface area is 289 Å². The second kappa shape index (κ2) is 14.9. The van der Waals surface area contributed by atoms with Crippen LogP contribution in [0, 0.1) is 20.8 Å². The average Bonchev–Trinajstić information content (AvgIpc) is 3.12. The molecule has 48 heavy (non-hydrogen) atoms.